The van der Waals surface area contributed by atoms with Crippen molar-refractivity contribution in [2.24, 2.45) is 0 Å². The average molecular weight is 513 g/mol. The van der Waals surface area contributed by atoms with Crippen molar-refractivity contribution in [1.29, 1.82) is 0 Å². The van der Waals surface area contributed by atoms with E-state index in [2.05, 4.69) is 17.3 Å². The van der Waals surface area contributed by atoms with Gasteiger partial charge in [-0.1, -0.05) is 41.4 Å². The Labute approximate surface area is 211 Å². The molecular formula is C25H22Cl2N4O2S. The number of hydrogen-bond donors (Lipinski definition) is 2. The van der Waals surface area contributed by atoms with E-state index in [1.807, 2.05) is 24.3 Å². The van der Waals surface area contributed by atoms with E-state index in [0.717, 1.165) is 57.9 Å². The number of likely N-dealkylation sites (N-methyl/N-ethyl adjacent to an activating group) is 1. The van der Waals surface area contributed by atoms with Crippen LogP contribution >= 0.6 is 34.5 Å². The van der Waals surface area contributed by atoms with Gasteiger partial charge in [0.15, 0.2) is 0 Å². The van der Waals surface area contributed by atoms with E-state index in [4.69, 9.17) is 38.7 Å². The number of carbonyl (C=O) groups excluding carboxylic acids is 1. The fourth-order valence-corrected chi connectivity index (χ4v) is 5.66. The van der Waals surface area contributed by atoms with Gasteiger partial charge < -0.3 is 20.7 Å². The molecule has 0 atom stereocenters. The highest BCUT2D eigenvalue weighted by molar-refractivity contribution is 7.21. The summed E-state index contributed by atoms with van der Waals surface area (Å²) < 4.78 is 5.69. The third-order valence-electron chi connectivity index (χ3n) is 5.98. The van der Waals surface area contributed by atoms with Crippen molar-refractivity contribution >= 4 is 62.0 Å². The average Bonchev–Trinajstić information content (AvgIpc) is 3.16. The SMILES string of the molecule is COc1ccccc1-c1c2c(nc3sc(C(=O)Nc4ccc(Cl)c(Cl)c4)c(N)c13)CCN(C)C2. The Morgan fingerprint density at radius 2 is 2.00 bits per heavy atom. The lowest BCUT2D eigenvalue weighted by molar-refractivity contribution is 0.103. The number of benzene rings is 2. The lowest BCUT2D eigenvalue weighted by Gasteiger charge is -2.27. The molecule has 0 aliphatic carbocycles. The Morgan fingerprint density at radius 1 is 1.21 bits per heavy atom. The van der Waals surface area contributed by atoms with Crippen LogP contribution in [0.3, 0.4) is 0 Å². The number of hydrogen-bond acceptors (Lipinski definition) is 6. The van der Waals surface area contributed by atoms with Gasteiger partial charge in [0, 0.05) is 47.4 Å². The summed E-state index contributed by atoms with van der Waals surface area (Å²) in [5, 5.41) is 4.44. The van der Waals surface area contributed by atoms with E-state index in [-0.39, 0.29) is 5.91 Å². The number of fused-ring (bicyclic) bond motifs is 2. The van der Waals surface area contributed by atoms with Gasteiger partial charge in [-0.25, -0.2) is 4.98 Å². The minimum atomic E-state index is -0.319. The minimum Gasteiger partial charge on any atom is -0.496 e. The summed E-state index contributed by atoms with van der Waals surface area (Å²) in [4.78, 5) is 21.6. The summed E-state index contributed by atoms with van der Waals surface area (Å²) in [7, 11) is 3.75. The minimum absolute atomic E-state index is 0.319. The normalized spacial score (nSPS) is 13.6. The first kappa shape index (κ1) is 22.9. The molecule has 1 amide bonds. The number of thiophene rings is 1. The quantitative estimate of drug-likeness (QED) is 0.345. The highest BCUT2D eigenvalue weighted by Gasteiger charge is 2.28. The van der Waals surface area contributed by atoms with E-state index >= 15 is 0 Å². The zero-order chi connectivity index (χ0) is 24.0. The Morgan fingerprint density at radius 3 is 2.76 bits per heavy atom. The van der Waals surface area contributed by atoms with E-state index in [1.54, 1.807) is 25.3 Å². The van der Waals surface area contributed by atoms with E-state index in [9.17, 15) is 4.79 Å². The molecule has 3 N–H and O–H groups in total. The van der Waals surface area contributed by atoms with Gasteiger partial charge in [0.2, 0.25) is 0 Å². The van der Waals surface area contributed by atoms with Crippen LogP contribution in [0.5, 0.6) is 5.75 Å². The molecule has 1 aliphatic rings. The fraction of sp³-hybridized carbons (Fsp3) is 0.200. The molecule has 1 aliphatic heterocycles. The summed E-state index contributed by atoms with van der Waals surface area (Å²) in [6.45, 7) is 1.66. The number of halogens is 2. The molecule has 6 nitrogen and oxygen atoms in total. The van der Waals surface area contributed by atoms with Crippen LogP contribution in [-0.2, 0) is 13.0 Å². The van der Waals surface area contributed by atoms with Gasteiger partial charge in [0.1, 0.15) is 15.5 Å². The zero-order valence-corrected chi connectivity index (χ0v) is 20.9. The molecule has 34 heavy (non-hydrogen) atoms. The Hall–Kier alpha value is -2.84. The first-order valence-electron chi connectivity index (χ1n) is 10.7. The van der Waals surface area contributed by atoms with Gasteiger partial charge in [-0.2, -0.15) is 0 Å². The van der Waals surface area contributed by atoms with Crippen LogP contribution in [-0.4, -0.2) is 36.5 Å². The van der Waals surface area contributed by atoms with Crippen molar-refractivity contribution in [3.63, 3.8) is 0 Å². The molecule has 2 aromatic heterocycles. The fourth-order valence-electron chi connectivity index (χ4n) is 4.34. The van der Waals surface area contributed by atoms with Gasteiger partial charge >= 0.3 is 0 Å². The number of anilines is 2. The van der Waals surface area contributed by atoms with Crippen molar-refractivity contribution in [1.82, 2.24) is 9.88 Å². The zero-order valence-electron chi connectivity index (χ0n) is 18.6. The van der Waals surface area contributed by atoms with Gasteiger partial charge in [-0.05, 0) is 36.9 Å². The van der Waals surface area contributed by atoms with Crippen molar-refractivity contribution < 1.29 is 9.53 Å². The van der Waals surface area contributed by atoms with Crippen LogP contribution in [0.1, 0.15) is 20.9 Å². The molecule has 9 heteroatoms. The standard InChI is InChI=1S/C25H22Cl2N4O2S/c1-31-10-9-18-15(12-31)20(14-5-3-4-6-19(14)33-2)21-22(28)23(34-25(21)30-18)24(32)29-13-7-8-16(26)17(27)11-13/h3-8,11H,9-10,12,28H2,1-2H3,(H,29,32). The van der Waals surface area contributed by atoms with Crippen LogP contribution in [0.15, 0.2) is 42.5 Å². The summed E-state index contributed by atoms with van der Waals surface area (Å²) >= 11 is 13.4. The number of carbonyl (C=O) groups is 1. The van der Waals surface area contributed by atoms with Gasteiger partial charge in [-0.3, -0.25) is 4.79 Å². The second kappa shape index (κ2) is 9.07. The maximum absolute atomic E-state index is 13.2. The molecule has 0 radical (unpaired) electrons. The van der Waals surface area contributed by atoms with Crippen LogP contribution in [0.25, 0.3) is 21.3 Å². The lowest BCUT2D eigenvalue weighted by atomic mass is 9.91. The smallest absolute Gasteiger partial charge is 0.267 e. The highest BCUT2D eigenvalue weighted by atomic mass is 35.5. The van der Waals surface area contributed by atoms with Crippen LogP contribution in [0, 0.1) is 0 Å². The topological polar surface area (TPSA) is 80.5 Å². The summed E-state index contributed by atoms with van der Waals surface area (Å²) in [5.41, 5.74) is 11.7. The largest absolute Gasteiger partial charge is 0.496 e. The molecule has 4 aromatic rings. The molecule has 174 valence electrons. The first-order valence-corrected chi connectivity index (χ1v) is 12.3. The molecule has 0 saturated heterocycles. The number of ether oxygens (including phenoxy) is 1. The third kappa shape index (κ3) is 3.99. The summed E-state index contributed by atoms with van der Waals surface area (Å²) in [6, 6.07) is 12.8. The number of nitrogens with one attached hydrogen (secondary N) is 1. The molecule has 3 heterocycles. The Kier molecular flexibility index (Phi) is 6.12. The number of pyridine rings is 1. The molecule has 2 aromatic carbocycles. The molecular weight excluding hydrogens is 491 g/mol. The van der Waals surface area contributed by atoms with Crippen molar-refractivity contribution in [2.45, 2.75) is 13.0 Å². The number of amides is 1. The number of nitrogens with two attached hydrogens (primary N) is 1. The van der Waals surface area contributed by atoms with Gasteiger partial charge in [0.05, 0.1) is 22.8 Å². The Bertz CT molecular complexity index is 1440. The Balaban J connectivity index is 1.69. The van der Waals surface area contributed by atoms with E-state index in [1.165, 1.54) is 11.3 Å². The van der Waals surface area contributed by atoms with Gasteiger partial charge in [-0.15, -0.1) is 11.3 Å². The number of nitrogen functional groups attached to an aromatic ring is 1. The number of aromatic nitrogens is 1. The maximum atomic E-state index is 13.2. The maximum Gasteiger partial charge on any atom is 0.267 e. The van der Waals surface area contributed by atoms with Crippen molar-refractivity contribution in [2.75, 3.05) is 31.8 Å². The monoisotopic (exact) mass is 512 g/mol. The second-order valence-corrected chi connectivity index (χ2v) is 10.0. The molecule has 0 spiro atoms. The molecule has 0 fully saturated rings. The van der Waals surface area contributed by atoms with E-state index in [0.29, 0.717) is 26.3 Å². The molecule has 0 unspecified atom stereocenters. The number of nitrogens with zero attached hydrogens (tertiary/aromatic N) is 2. The van der Waals surface area contributed by atoms with Crippen LogP contribution in [0.2, 0.25) is 10.0 Å². The number of para-hydroxylation sites is 1. The summed E-state index contributed by atoms with van der Waals surface area (Å²) in [5.74, 6) is 0.429. The molecule has 5 rings (SSSR count). The van der Waals surface area contributed by atoms with Crippen molar-refractivity contribution in [3.05, 3.63) is 68.6 Å². The van der Waals surface area contributed by atoms with Crippen LogP contribution < -0.4 is 15.8 Å². The van der Waals surface area contributed by atoms with Gasteiger partial charge in [0.25, 0.3) is 5.91 Å². The van der Waals surface area contributed by atoms with Crippen molar-refractivity contribution in [3.8, 4) is 16.9 Å². The highest BCUT2D eigenvalue weighted by Crippen LogP contribution is 2.45. The summed E-state index contributed by atoms with van der Waals surface area (Å²) in [6.07, 6.45) is 0.826. The molecule has 0 saturated carbocycles. The predicted octanol–water partition coefficient (Wildman–Crippen LogP) is 6.10. The third-order valence-corrected chi connectivity index (χ3v) is 7.82. The number of rotatable bonds is 4. The first-order chi connectivity index (χ1) is 16.4. The number of methoxy groups -OCH3 is 1. The van der Waals surface area contributed by atoms with E-state index < -0.39 is 0 Å². The second-order valence-electron chi connectivity index (χ2n) is 8.21. The molecule has 0 bridgehead atoms. The predicted molar refractivity (Wildman–Crippen MR) is 140 cm³/mol. The lowest BCUT2D eigenvalue weighted by Crippen LogP contribution is -2.28. The van der Waals surface area contributed by atoms with Crippen LogP contribution in [0.4, 0.5) is 11.4 Å².